The number of aromatic amines is 1. The van der Waals surface area contributed by atoms with Crippen LogP contribution >= 0.6 is 0 Å². The standard InChI is InChI=1S/C19H21N3O/c1-2-13-22-14-17(21-19(22)23)20-18(15-9-5-3-6-10-15)16-11-7-4-8-12-16/h3-12,14,18,20H,2,13H2,1H3,(H,21,23). The van der Waals surface area contributed by atoms with Gasteiger partial charge in [0.05, 0.1) is 6.04 Å². The molecule has 0 aliphatic heterocycles. The molecule has 3 rings (SSSR count). The number of H-pyrrole nitrogens is 1. The van der Waals surface area contributed by atoms with Gasteiger partial charge in [-0.25, -0.2) is 4.79 Å². The third kappa shape index (κ3) is 3.54. The van der Waals surface area contributed by atoms with Gasteiger partial charge in [0.1, 0.15) is 5.82 Å². The molecule has 2 N–H and O–H groups in total. The number of nitrogens with one attached hydrogen (secondary N) is 2. The fourth-order valence-electron chi connectivity index (χ4n) is 2.72. The van der Waals surface area contributed by atoms with E-state index < -0.39 is 0 Å². The third-order valence-corrected chi connectivity index (χ3v) is 3.82. The van der Waals surface area contributed by atoms with Crippen molar-refractivity contribution in [3.05, 3.63) is 88.5 Å². The number of aromatic nitrogens is 2. The van der Waals surface area contributed by atoms with Gasteiger partial charge in [-0.3, -0.25) is 9.55 Å². The molecule has 3 aromatic rings. The zero-order valence-corrected chi connectivity index (χ0v) is 13.2. The summed E-state index contributed by atoms with van der Waals surface area (Å²) in [4.78, 5) is 14.8. The van der Waals surface area contributed by atoms with Crippen LogP contribution in [0.25, 0.3) is 0 Å². The van der Waals surface area contributed by atoms with Gasteiger partial charge in [0, 0.05) is 12.7 Å². The second-order valence-corrected chi connectivity index (χ2v) is 5.57. The van der Waals surface area contributed by atoms with E-state index in [1.54, 1.807) is 4.57 Å². The molecule has 0 radical (unpaired) electrons. The summed E-state index contributed by atoms with van der Waals surface area (Å²) in [5.74, 6) is 0.737. The fourth-order valence-corrected chi connectivity index (χ4v) is 2.72. The van der Waals surface area contributed by atoms with Crippen molar-refractivity contribution in [1.29, 1.82) is 0 Å². The highest BCUT2D eigenvalue weighted by atomic mass is 16.1. The SMILES string of the molecule is CCCn1cc(NC(c2ccccc2)c2ccccc2)[nH]c1=O. The lowest BCUT2D eigenvalue weighted by atomic mass is 9.99. The Morgan fingerprint density at radius 3 is 2.09 bits per heavy atom. The van der Waals surface area contributed by atoms with E-state index in [0.717, 1.165) is 29.9 Å². The molecule has 0 bridgehead atoms. The van der Waals surface area contributed by atoms with Crippen molar-refractivity contribution >= 4 is 5.82 Å². The molecule has 4 nitrogen and oxygen atoms in total. The summed E-state index contributed by atoms with van der Waals surface area (Å²) >= 11 is 0. The first-order valence-corrected chi connectivity index (χ1v) is 7.94. The first kappa shape index (κ1) is 15.2. The summed E-state index contributed by atoms with van der Waals surface area (Å²) in [6, 6.07) is 20.5. The molecule has 0 aliphatic carbocycles. The highest BCUT2D eigenvalue weighted by Crippen LogP contribution is 2.25. The van der Waals surface area contributed by atoms with Gasteiger partial charge >= 0.3 is 5.69 Å². The van der Waals surface area contributed by atoms with Gasteiger partial charge in [0.2, 0.25) is 0 Å². The van der Waals surface area contributed by atoms with Crippen LogP contribution in [0.1, 0.15) is 30.5 Å². The monoisotopic (exact) mass is 307 g/mol. The number of rotatable bonds is 6. The number of anilines is 1. The maximum atomic E-state index is 12.0. The average molecular weight is 307 g/mol. The summed E-state index contributed by atoms with van der Waals surface area (Å²) in [6.45, 7) is 2.78. The Labute approximate surface area is 135 Å². The number of benzene rings is 2. The lowest BCUT2D eigenvalue weighted by molar-refractivity contribution is 0.656. The average Bonchev–Trinajstić information content (AvgIpc) is 2.94. The van der Waals surface area contributed by atoms with E-state index in [0.29, 0.717) is 0 Å². The Balaban J connectivity index is 1.93. The molecule has 23 heavy (non-hydrogen) atoms. The Bertz CT molecular complexity index is 751. The zero-order chi connectivity index (χ0) is 16.1. The molecule has 0 atom stereocenters. The van der Waals surface area contributed by atoms with Gasteiger partial charge < -0.3 is 5.32 Å². The van der Waals surface area contributed by atoms with Crippen LogP contribution in [0.2, 0.25) is 0 Å². The molecule has 4 heteroatoms. The lowest BCUT2D eigenvalue weighted by Crippen LogP contribution is -2.16. The Morgan fingerprint density at radius 1 is 1.00 bits per heavy atom. The summed E-state index contributed by atoms with van der Waals surface area (Å²) in [5.41, 5.74) is 2.24. The van der Waals surface area contributed by atoms with Gasteiger partial charge in [-0.15, -0.1) is 0 Å². The van der Waals surface area contributed by atoms with Crippen LogP contribution < -0.4 is 11.0 Å². The molecule has 0 amide bonds. The summed E-state index contributed by atoms with van der Waals surface area (Å²) in [5, 5.41) is 3.45. The maximum Gasteiger partial charge on any atom is 0.327 e. The first-order valence-electron chi connectivity index (χ1n) is 7.94. The number of aryl methyl sites for hydroxylation is 1. The van der Waals surface area contributed by atoms with Crippen LogP contribution in [0.5, 0.6) is 0 Å². The number of hydrogen-bond acceptors (Lipinski definition) is 2. The molecule has 0 saturated heterocycles. The van der Waals surface area contributed by atoms with E-state index in [9.17, 15) is 4.79 Å². The Kier molecular flexibility index (Phi) is 4.62. The van der Waals surface area contributed by atoms with Crippen LogP contribution in [-0.4, -0.2) is 9.55 Å². The zero-order valence-electron chi connectivity index (χ0n) is 13.2. The minimum absolute atomic E-state index is 0.00877. The van der Waals surface area contributed by atoms with E-state index in [-0.39, 0.29) is 11.7 Å². The van der Waals surface area contributed by atoms with Crippen LogP contribution in [0.3, 0.4) is 0 Å². The van der Waals surface area contributed by atoms with E-state index in [1.807, 2.05) is 42.6 Å². The minimum atomic E-state index is -0.0748. The second-order valence-electron chi connectivity index (χ2n) is 5.57. The van der Waals surface area contributed by atoms with E-state index >= 15 is 0 Å². The summed E-state index contributed by atoms with van der Waals surface area (Å²) < 4.78 is 1.70. The lowest BCUT2D eigenvalue weighted by Gasteiger charge is -2.19. The van der Waals surface area contributed by atoms with Crippen LogP contribution in [-0.2, 0) is 6.54 Å². The van der Waals surface area contributed by atoms with Gasteiger partial charge in [-0.1, -0.05) is 67.6 Å². The van der Waals surface area contributed by atoms with Crippen LogP contribution in [0, 0.1) is 0 Å². The molecule has 1 heterocycles. The minimum Gasteiger partial charge on any atom is -0.359 e. The number of hydrogen-bond donors (Lipinski definition) is 2. The molecule has 0 spiro atoms. The topological polar surface area (TPSA) is 49.8 Å². The first-order chi connectivity index (χ1) is 11.3. The quantitative estimate of drug-likeness (QED) is 0.728. The van der Waals surface area contributed by atoms with E-state index in [1.165, 1.54) is 0 Å². The Morgan fingerprint density at radius 2 is 1.57 bits per heavy atom. The molecular formula is C19H21N3O. The van der Waals surface area contributed by atoms with Crippen molar-refractivity contribution in [2.75, 3.05) is 5.32 Å². The molecule has 1 aromatic heterocycles. The van der Waals surface area contributed by atoms with Crippen molar-refractivity contribution in [1.82, 2.24) is 9.55 Å². The second kappa shape index (κ2) is 7.01. The summed E-state index contributed by atoms with van der Waals surface area (Å²) in [6.07, 6.45) is 2.78. The highest BCUT2D eigenvalue weighted by molar-refractivity contribution is 5.43. The molecule has 2 aromatic carbocycles. The van der Waals surface area contributed by atoms with Gasteiger partial charge in [-0.05, 0) is 17.5 Å². The maximum absolute atomic E-state index is 12.0. The van der Waals surface area contributed by atoms with Crippen LogP contribution in [0.15, 0.2) is 71.7 Å². The Hall–Kier alpha value is -2.75. The van der Waals surface area contributed by atoms with Gasteiger partial charge in [-0.2, -0.15) is 0 Å². The van der Waals surface area contributed by atoms with Gasteiger partial charge in [0.15, 0.2) is 0 Å². The van der Waals surface area contributed by atoms with E-state index in [2.05, 4.69) is 41.5 Å². The third-order valence-electron chi connectivity index (χ3n) is 3.82. The molecular weight excluding hydrogens is 286 g/mol. The van der Waals surface area contributed by atoms with Crippen molar-refractivity contribution in [2.24, 2.45) is 0 Å². The normalized spacial score (nSPS) is 10.9. The molecule has 0 aliphatic rings. The van der Waals surface area contributed by atoms with Crippen molar-refractivity contribution < 1.29 is 0 Å². The molecule has 0 saturated carbocycles. The smallest absolute Gasteiger partial charge is 0.327 e. The predicted octanol–water partition coefficient (Wildman–Crippen LogP) is 3.79. The summed E-state index contributed by atoms with van der Waals surface area (Å²) in [7, 11) is 0. The molecule has 0 unspecified atom stereocenters. The van der Waals surface area contributed by atoms with Gasteiger partial charge in [0.25, 0.3) is 0 Å². The van der Waals surface area contributed by atoms with Crippen molar-refractivity contribution in [3.63, 3.8) is 0 Å². The van der Waals surface area contributed by atoms with E-state index in [4.69, 9.17) is 0 Å². The number of nitrogens with zero attached hydrogens (tertiary/aromatic N) is 1. The fraction of sp³-hybridized carbons (Fsp3) is 0.211. The number of imidazole rings is 1. The largest absolute Gasteiger partial charge is 0.359 e. The predicted molar refractivity (Wildman–Crippen MR) is 93.7 cm³/mol. The van der Waals surface area contributed by atoms with Crippen LogP contribution in [0.4, 0.5) is 5.82 Å². The molecule has 0 fully saturated rings. The van der Waals surface area contributed by atoms with Crippen molar-refractivity contribution in [2.45, 2.75) is 25.9 Å². The van der Waals surface area contributed by atoms with Crippen molar-refractivity contribution in [3.8, 4) is 0 Å². The molecule has 118 valence electrons. The highest BCUT2D eigenvalue weighted by Gasteiger charge is 2.15.